The molecule has 9 nitrogen and oxygen atoms in total. The van der Waals surface area contributed by atoms with Crippen LogP contribution in [0.3, 0.4) is 0 Å². The van der Waals surface area contributed by atoms with Crippen molar-refractivity contribution in [1.29, 1.82) is 5.41 Å². The van der Waals surface area contributed by atoms with Crippen molar-refractivity contribution >= 4 is 21.9 Å². The third-order valence-electron chi connectivity index (χ3n) is 4.95. The predicted octanol–water partition coefficient (Wildman–Crippen LogP) is 2.06. The van der Waals surface area contributed by atoms with Crippen molar-refractivity contribution in [2.75, 3.05) is 33.2 Å². The van der Waals surface area contributed by atoms with E-state index in [2.05, 4.69) is 0 Å². The Kier molecular flexibility index (Phi) is 6.95. The summed E-state index contributed by atoms with van der Waals surface area (Å²) in [4.78, 5) is 13.9. The summed E-state index contributed by atoms with van der Waals surface area (Å²) in [6.45, 7) is 1.88. The number of ether oxygens (including phenoxy) is 1. The number of guanidine groups is 1. The van der Waals surface area contributed by atoms with Crippen molar-refractivity contribution in [2.45, 2.75) is 11.1 Å². The number of sulfonamides is 1. The van der Waals surface area contributed by atoms with Crippen molar-refractivity contribution in [3.63, 3.8) is 0 Å². The van der Waals surface area contributed by atoms with Crippen molar-refractivity contribution in [1.82, 2.24) is 14.5 Å². The highest BCUT2D eigenvalue weighted by Crippen LogP contribution is 2.39. The van der Waals surface area contributed by atoms with Crippen LogP contribution in [0.4, 0.5) is 13.2 Å². The van der Waals surface area contributed by atoms with Gasteiger partial charge < -0.3 is 15.4 Å². The van der Waals surface area contributed by atoms with E-state index in [0.29, 0.717) is 32.2 Å². The molecule has 0 aromatic heterocycles. The van der Waals surface area contributed by atoms with E-state index < -0.39 is 39.4 Å². The van der Waals surface area contributed by atoms with Gasteiger partial charge in [-0.3, -0.25) is 15.5 Å². The summed E-state index contributed by atoms with van der Waals surface area (Å²) in [7, 11) is -1.84. The van der Waals surface area contributed by atoms with Gasteiger partial charge in [-0.05, 0) is 49.5 Å². The maximum Gasteiger partial charge on any atom is 0.420 e. The van der Waals surface area contributed by atoms with E-state index in [4.69, 9.17) is 15.9 Å². The van der Waals surface area contributed by atoms with E-state index in [0.717, 1.165) is 12.1 Å². The van der Waals surface area contributed by atoms with Crippen LogP contribution in [0.25, 0.3) is 0 Å². The van der Waals surface area contributed by atoms with E-state index in [1.54, 1.807) is 0 Å². The average Bonchev–Trinajstić information content (AvgIpc) is 2.73. The Morgan fingerprint density at radius 2 is 1.70 bits per heavy atom. The molecule has 0 aliphatic carbocycles. The monoisotopic (exact) mass is 485 g/mol. The van der Waals surface area contributed by atoms with Crippen LogP contribution in [0.1, 0.15) is 15.9 Å². The predicted molar refractivity (Wildman–Crippen MR) is 114 cm³/mol. The summed E-state index contributed by atoms with van der Waals surface area (Å²) in [6, 6.07) is 7.70. The molecule has 1 fully saturated rings. The Balaban J connectivity index is 1.83. The molecule has 0 spiro atoms. The standard InChI is InChI=1S/C20H22F3N5O4S/c1-27-8-10-28(11-9-27)33(30,31)15-5-3-14(4-6-15)32-17-7-2-13(18(29)26-19(24)25)12-16(17)20(21,22)23/h2-7,12H,8-11H2,1H3,(H4,24,25,26,29). The number of likely N-dealkylation sites (N-methyl/N-ethyl adjacent to an activating group) is 1. The van der Waals surface area contributed by atoms with Crippen LogP contribution in [-0.2, 0) is 16.2 Å². The molecule has 0 saturated carbocycles. The second kappa shape index (κ2) is 9.37. The van der Waals surface area contributed by atoms with Gasteiger partial charge in [-0.2, -0.15) is 17.5 Å². The number of carbonyl (C=O) groups excluding carboxylic acids is 1. The van der Waals surface area contributed by atoms with Gasteiger partial charge in [0.2, 0.25) is 10.0 Å². The number of benzene rings is 2. The first-order valence-corrected chi connectivity index (χ1v) is 11.1. The second-order valence-corrected chi connectivity index (χ2v) is 9.30. The third kappa shape index (κ3) is 5.80. The summed E-state index contributed by atoms with van der Waals surface area (Å²) in [5.41, 5.74) is 3.46. The zero-order valence-corrected chi connectivity index (χ0v) is 18.3. The molecular weight excluding hydrogens is 463 g/mol. The fourth-order valence-corrected chi connectivity index (χ4v) is 4.58. The van der Waals surface area contributed by atoms with Gasteiger partial charge in [0.15, 0.2) is 5.96 Å². The van der Waals surface area contributed by atoms with Crippen molar-refractivity contribution in [3.8, 4) is 11.5 Å². The van der Waals surface area contributed by atoms with Crippen LogP contribution in [0, 0.1) is 5.41 Å². The number of hydrogen-bond acceptors (Lipinski definition) is 6. The van der Waals surface area contributed by atoms with Crippen LogP contribution in [0.5, 0.6) is 11.5 Å². The molecule has 0 atom stereocenters. The minimum absolute atomic E-state index is 0.00620. The highest BCUT2D eigenvalue weighted by Gasteiger charge is 2.35. The largest absolute Gasteiger partial charge is 0.457 e. The summed E-state index contributed by atoms with van der Waals surface area (Å²) in [5.74, 6) is -2.27. The number of nitrogens with one attached hydrogen (secondary N) is 2. The Morgan fingerprint density at radius 3 is 2.24 bits per heavy atom. The summed E-state index contributed by atoms with van der Waals surface area (Å²) >= 11 is 0. The lowest BCUT2D eigenvalue weighted by molar-refractivity contribution is -0.138. The molecule has 1 amide bonds. The number of hydrogen-bond donors (Lipinski definition) is 3. The quantitative estimate of drug-likeness (QED) is 0.439. The molecule has 2 aromatic rings. The van der Waals surface area contributed by atoms with E-state index in [1.165, 1.54) is 28.6 Å². The van der Waals surface area contributed by atoms with Gasteiger partial charge in [0, 0.05) is 31.7 Å². The van der Waals surface area contributed by atoms with Gasteiger partial charge in [0.05, 0.1) is 10.5 Å². The van der Waals surface area contributed by atoms with E-state index in [1.807, 2.05) is 17.3 Å². The topological polar surface area (TPSA) is 129 Å². The van der Waals surface area contributed by atoms with Crippen LogP contribution >= 0.6 is 0 Å². The van der Waals surface area contributed by atoms with E-state index in [9.17, 15) is 26.4 Å². The molecule has 1 heterocycles. The van der Waals surface area contributed by atoms with Crippen molar-refractivity contribution in [3.05, 3.63) is 53.6 Å². The van der Waals surface area contributed by atoms with E-state index >= 15 is 0 Å². The molecule has 33 heavy (non-hydrogen) atoms. The molecule has 1 aliphatic heterocycles. The highest BCUT2D eigenvalue weighted by molar-refractivity contribution is 7.89. The normalized spacial score (nSPS) is 15.8. The van der Waals surface area contributed by atoms with Crippen LogP contribution in [0.2, 0.25) is 0 Å². The molecule has 0 unspecified atom stereocenters. The Hall–Kier alpha value is -3.16. The molecule has 0 bridgehead atoms. The Bertz CT molecular complexity index is 1150. The maximum absolute atomic E-state index is 13.5. The molecule has 178 valence electrons. The molecule has 4 N–H and O–H groups in total. The average molecular weight is 485 g/mol. The minimum Gasteiger partial charge on any atom is -0.457 e. The van der Waals surface area contributed by atoms with E-state index in [-0.39, 0.29) is 16.2 Å². The van der Waals surface area contributed by atoms with Gasteiger partial charge in [0.1, 0.15) is 11.5 Å². The zero-order chi connectivity index (χ0) is 24.4. The highest BCUT2D eigenvalue weighted by atomic mass is 32.2. The number of nitrogens with two attached hydrogens (primary N) is 1. The third-order valence-corrected chi connectivity index (χ3v) is 6.86. The summed E-state index contributed by atoms with van der Waals surface area (Å²) in [6.07, 6.45) is -4.84. The number of piperazine rings is 1. The molecule has 13 heteroatoms. The lowest BCUT2D eigenvalue weighted by atomic mass is 10.1. The van der Waals surface area contributed by atoms with Gasteiger partial charge >= 0.3 is 6.18 Å². The molecule has 2 aromatic carbocycles. The number of halogens is 3. The molecule has 1 aliphatic rings. The molecule has 3 rings (SSSR count). The Labute approximate surface area is 188 Å². The number of rotatable bonds is 5. The fraction of sp³-hybridized carbons (Fsp3) is 0.300. The fourth-order valence-electron chi connectivity index (χ4n) is 3.16. The van der Waals surface area contributed by atoms with Crippen molar-refractivity contribution in [2.24, 2.45) is 5.73 Å². The van der Waals surface area contributed by atoms with Gasteiger partial charge in [-0.15, -0.1) is 0 Å². The minimum atomic E-state index is -4.84. The SMILES string of the molecule is CN1CCN(S(=O)(=O)c2ccc(Oc3ccc(C(=O)NC(=N)N)cc3C(F)(F)F)cc2)CC1. The Morgan fingerprint density at radius 1 is 1.09 bits per heavy atom. The summed E-state index contributed by atoms with van der Waals surface area (Å²) < 4.78 is 72.9. The molecule has 0 radical (unpaired) electrons. The zero-order valence-electron chi connectivity index (χ0n) is 17.5. The first-order chi connectivity index (χ1) is 15.4. The first-order valence-electron chi connectivity index (χ1n) is 9.71. The van der Waals surface area contributed by atoms with Gasteiger partial charge in [0.25, 0.3) is 5.91 Å². The molecular formula is C20H22F3N5O4S. The van der Waals surface area contributed by atoms with Crippen LogP contribution < -0.4 is 15.8 Å². The smallest absolute Gasteiger partial charge is 0.420 e. The van der Waals surface area contributed by atoms with Crippen molar-refractivity contribution < 1.29 is 31.1 Å². The number of amides is 1. The number of nitrogens with zero attached hydrogens (tertiary/aromatic N) is 2. The van der Waals surface area contributed by atoms with Gasteiger partial charge in [-0.1, -0.05) is 0 Å². The maximum atomic E-state index is 13.5. The summed E-state index contributed by atoms with van der Waals surface area (Å²) in [5, 5.41) is 8.93. The van der Waals surface area contributed by atoms with Gasteiger partial charge in [-0.25, -0.2) is 8.42 Å². The lowest BCUT2D eigenvalue weighted by Crippen LogP contribution is -2.46. The van der Waals surface area contributed by atoms with Crippen LogP contribution in [-0.4, -0.2) is 62.7 Å². The number of alkyl halides is 3. The second-order valence-electron chi connectivity index (χ2n) is 7.36. The van der Waals surface area contributed by atoms with Crippen LogP contribution in [0.15, 0.2) is 47.4 Å². The lowest BCUT2D eigenvalue weighted by Gasteiger charge is -2.31. The first kappa shape index (κ1) is 24.5. The number of carbonyl (C=O) groups is 1. The molecule has 1 saturated heterocycles.